The van der Waals surface area contributed by atoms with Crippen molar-refractivity contribution < 1.29 is 5.11 Å². The fourth-order valence-electron chi connectivity index (χ4n) is 2.76. The van der Waals surface area contributed by atoms with Crippen molar-refractivity contribution in [3.63, 3.8) is 0 Å². The van der Waals surface area contributed by atoms with Gasteiger partial charge in [0.25, 0.3) is 0 Å². The third kappa shape index (κ3) is 4.30. The first-order chi connectivity index (χ1) is 9.19. The van der Waals surface area contributed by atoms with Crippen molar-refractivity contribution >= 4 is 0 Å². The molecule has 0 aromatic heterocycles. The normalized spacial score (nSPS) is 18.5. The van der Waals surface area contributed by atoms with E-state index in [1.807, 2.05) is 0 Å². The summed E-state index contributed by atoms with van der Waals surface area (Å²) in [5, 5.41) is 9.02. The molecule has 19 heavy (non-hydrogen) atoms. The van der Waals surface area contributed by atoms with E-state index in [1.54, 1.807) is 0 Å². The van der Waals surface area contributed by atoms with Crippen LogP contribution in [0.3, 0.4) is 0 Å². The quantitative estimate of drug-likeness (QED) is 0.896. The first kappa shape index (κ1) is 14.5. The fourth-order valence-corrected chi connectivity index (χ4v) is 2.76. The van der Waals surface area contributed by atoms with Gasteiger partial charge in [-0.3, -0.25) is 9.80 Å². The Hall–Kier alpha value is -0.900. The lowest BCUT2D eigenvalue weighted by Crippen LogP contribution is -2.32. The highest BCUT2D eigenvalue weighted by Gasteiger charge is 2.15. The third-order valence-electron chi connectivity index (χ3n) is 4.00. The van der Waals surface area contributed by atoms with E-state index < -0.39 is 0 Å². The Morgan fingerprint density at radius 2 is 1.79 bits per heavy atom. The summed E-state index contributed by atoms with van der Waals surface area (Å²) in [5.41, 5.74) is 4.19. The van der Waals surface area contributed by atoms with Crippen LogP contribution in [0.2, 0.25) is 0 Å². The van der Waals surface area contributed by atoms with E-state index in [0.717, 1.165) is 39.3 Å². The van der Waals surface area contributed by atoms with Gasteiger partial charge in [0.05, 0.1) is 6.61 Å². The molecule has 1 aliphatic rings. The maximum atomic E-state index is 9.02. The van der Waals surface area contributed by atoms with Crippen LogP contribution in [-0.2, 0) is 6.54 Å². The first-order valence-corrected chi connectivity index (χ1v) is 7.31. The van der Waals surface area contributed by atoms with Crippen LogP contribution in [0.4, 0.5) is 0 Å². The third-order valence-corrected chi connectivity index (χ3v) is 4.00. The molecule has 1 N–H and O–H groups in total. The molecule has 0 aliphatic carbocycles. The number of aryl methyl sites for hydroxylation is 2. The zero-order chi connectivity index (χ0) is 13.7. The Labute approximate surface area is 116 Å². The van der Waals surface area contributed by atoms with E-state index in [-0.39, 0.29) is 6.61 Å². The van der Waals surface area contributed by atoms with E-state index in [9.17, 15) is 0 Å². The van der Waals surface area contributed by atoms with Crippen LogP contribution in [0.15, 0.2) is 18.2 Å². The number of hydrogen-bond acceptors (Lipinski definition) is 3. The van der Waals surface area contributed by atoms with Gasteiger partial charge >= 0.3 is 0 Å². The summed E-state index contributed by atoms with van der Waals surface area (Å²) in [5.74, 6) is 0. The minimum atomic E-state index is 0.275. The predicted molar refractivity (Wildman–Crippen MR) is 79.3 cm³/mol. The Balaban J connectivity index is 1.94. The van der Waals surface area contributed by atoms with Crippen LogP contribution in [0.5, 0.6) is 0 Å². The zero-order valence-electron chi connectivity index (χ0n) is 12.2. The lowest BCUT2D eigenvalue weighted by atomic mass is 10.1. The van der Waals surface area contributed by atoms with Gasteiger partial charge in [0.15, 0.2) is 0 Å². The van der Waals surface area contributed by atoms with Crippen LogP contribution >= 0.6 is 0 Å². The van der Waals surface area contributed by atoms with Crippen LogP contribution in [0.25, 0.3) is 0 Å². The molecule has 106 valence electrons. The molecule has 0 amide bonds. The van der Waals surface area contributed by atoms with Gasteiger partial charge in [0.1, 0.15) is 0 Å². The molecule has 0 saturated carbocycles. The van der Waals surface area contributed by atoms with Gasteiger partial charge in [-0.2, -0.15) is 0 Å². The summed E-state index contributed by atoms with van der Waals surface area (Å²) in [7, 11) is 0. The number of aliphatic hydroxyl groups excluding tert-OH is 1. The number of aliphatic hydroxyl groups is 1. The van der Waals surface area contributed by atoms with Gasteiger partial charge in [-0.15, -0.1) is 0 Å². The predicted octanol–water partition coefficient (Wildman–Crippen LogP) is 1.80. The maximum absolute atomic E-state index is 9.02. The molecule has 0 radical (unpaired) electrons. The topological polar surface area (TPSA) is 26.7 Å². The molecule has 0 unspecified atom stereocenters. The molecular weight excluding hydrogens is 236 g/mol. The van der Waals surface area contributed by atoms with Crippen LogP contribution in [0.1, 0.15) is 23.1 Å². The van der Waals surface area contributed by atoms with Crippen molar-refractivity contribution in [2.75, 3.05) is 39.3 Å². The summed E-state index contributed by atoms with van der Waals surface area (Å²) in [6, 6.07) is 6.72. The molecule has 0 atom stereocenters. The Morgan fingerprint density at radius 1 is 1.05 bits per heavy atom. The minimum absolute atomic E-state index is 0.275. The van der Waals surface area contributed by atoms with Crippen molar-refractivity contribution in [1.82, 2.24) is 9.80 Å². The smallest absolute Gasteiger partial charge is 0.0558 e. The second-order valence-corrected chi connectivity index (χ2v) is 5.62. The van der Waals surface area contributed by atoms with Crippen LogP contribution in [-0.4, -0.2) is 54.2 Å². The molecule has 1 heterocycles. The standard InChI is InChI=1S/C16H26N2O/c1-14-4-5-15(2)16(12-14)13-18-7-3-6-17(8-9-18)10-11-19/h4-5,12,19H,3,6-11,13H2,1-2H3. The highest BCUT2D eigenvalue weighted by atomic mass is 16.3. The average molecular weight is 262 g/mol. The Kier molecular flexibility index (Phi) is 5.37. The van der Waals surface area contributed by atoms with E-state index in [1.165, 1.54) is 23.1 Å². The molecule has 1 aliphatic heterocycles. The number of hydrogen-bond donors (Lipinski definition) is 1. The molecule has 3 heteroatoms. The lowest BCUT2D eigenvalue weighted by Gasteiger charge is -2.22. The minimum Gasteiger partial charge on any atom is -0.395 e. The first-order valence-electron chi connectivity index (χ1n) is 7.31. The number of β-amino-alcohol motifs (C(OH)–C–C–N with tert-alkyl or cyclic N) is 1. The Bertz CT molecular complexity index is 406. The van der Waals surface area contributed by atoms with E-state index in [4.69, 9.17) is 5.11 Å². The van der Waals surface area contributed by atoms with Crippen molar-refractivity contribution in [3.05, 3.63) is 34.9 Å². The summed E-state index contributed by atoms with van der Waals surface area (Å²) >= 11 is 0. The van der Waals surface area contributed by atoms with Gasteiger partial charge in [-0.1, -0.05) is 23.8 Å². The molecule has 3 nitrogen and oxygen atoms in total. The molecule has 2 rings (SSSR count). The second-order valence-electron chi connectivity index (χ2n) is 5.62. The highest BCUT2D eigenvalue weighted by Crippen LogP contribution is 2.14. The van der Waals surface area contributed by atoms with Gasteiger partial charge in [0.2, 0.25) is 0 Å². The highest BCUT2D eigenvalue weighted by molar-refractivity contribution is 5.30. The zero-order valence-corrected chi connectivity index (χ0v) is 12.2. The summed E-state index contributed by atoms with van der Waals surface area (Å²) in [4.78, 5) is 4.91. The van der Waals surface area contributed by atoms with E-state index in [0.29, 0.717) is 0 Å². The van der Waals surface area contributed by atoms with Crippen molar-refractivity contribution in [1.29, 1.82) is 0 Å². The van der Waals surface area contributed by atoms with Crippen molar-refractivity contribution in [3.8, 4) is 0 Å². The molecule has 1 fully saturated rings. The lowest BCUT2D eigenvalue weighted by molar-refractivity contribution is 0.196. The van der Waals surface area contributed by atoms with Gasteiger partial charge in [-0.05, 0) is 44.5 Å². The fraction of sp³-hybridized carbons (Fsp3) is 0.625. The van der Waals surface area contributed by atoms with Crippen molar-refractivity contribution in [2.24, 2.45) is 0 Å². The summed E-state index contributed by atoms with van der Waals surface area (Å²) in [6.45, 7) is 11.0. The van der Waals surface area contributed by atoms with Gasteiger partial charge in [-0.25, -0.2) is 0 Å². The summed E-state index contributed by atoms with van der Waals surface area (Å²) in [6.07, 6.45) is 1.20. The van der Waals surface area contributed by atoms with Crippen molar-refractivity contribution in [2.45, 2.75) is 26.8 Å². The molecule has 1 aromatic carbocycles. The number of nitrogens with zero attached hydrogens (tertiary/aromatic N) is 2. The van der Waals surface area contributed by atoms with E-state index in [2.05, 4.69) is 41.8 Å². The van der Waals surface area contributed by atoms with Gasteiger partial charge in [0, 0.05) is 26.2 Å². The average Bonchev–Trinajstić information content (AvgIpc) is 2.60. The molecule has 1 saturated heterocycles. The number of rotatable bonds is 4. The molecule has 0 bridgehead atoms. The molecule has 1 aromatic rings. The maximum Gasteiger partial charge on any atom is 0.0558 e. The van der Waals surface area contributed by atoms with Gasteiger partial charge < -0.3 is 5.11 Å². The van der Waals surface area contributed by atoms with E-state index >= 15 is 0 Å². The summed E-state index contributed by atoms with van der Waals surface area (Å²) < 4.78 is 0. The monoisotopic (exact) mass is 262 g/mol. The molecular formula is C16H26N2O. The molecule has 0 spiro atoms. The Morgan fingerprint density at radius 3 is 2.58 bits per heavy atom. The number of benzene rings is 1. The SMILES string of the molecule is Cc1ccc(C)c(CN2CCCN(CCO)CC2)c1. The van der Waals surface area contributed by atoms with Crippen LogP contribution in [0, 0.1) is 13.8 Å². The second kappa shape index (κ2) is 7.04. The van der Waals surface area contributed by atoms with Crippen LogP contribution < -0.4 is 0 Å². The largest absolute Gasteiger partial charge is 0.395 e.